The number of hydrogen-bond acceptors (Lipinski definition) is 3. The Morgan fingerprint density at radius 3 is 2.56 bits per heavy atom. The van der Waals surface area contributed by atoms with E-state index in [-0.39, 0.29) is 0 Å². The minimum Gasteiger partial charge on any atom is -0.358 e. The Morgan fingerprint density at radius 1 is 1.20 bits per heavy atom. The lowest BCUT2D eigenvalue weighted by Crippen LogP contribution is -2.33. The van der Waals surface area contributed by atoms with Crippen LogP contribution in [0.25, 0.3) is 0 Å². The van der Waals surface area contributed by atoms with Gasteiger partial charge in [-0.3, -0.25) is 0 Å². The van der Waals surface area contributed by atoms with Gasteiger partial charge in [0, 0.05) is 24.7 Å². The number of benzene rings is 1. The van der Waals surface area contributed by atoms with E-state index in [0.29, 0.717) is 11.7 Å². The Bertz CT molecular complexity index is 694. The van der Waals surface area contributed by atoms with Crippen molar-refractivity contribution in [3.63, 3.8) is 0 Å². The predicted molar refractivity (Wildman–Crippen MR) is 109 cm³/mol. The van der Waals surface area contributed by atoms with Gasteiger partial charge in [0.25, 0.3) is 0 Å². The van der Waals surface area contributed by atoms with E-state index in [2.05, 4.69) is 33.5 Å². The fourth-order valence-electron chi connectivity index (χ4n) is 2.84. The zero-order valence-corrected chi connectivity index (χ0v) is 15.9. The normalized spacial score (nSPS) is 15.0. The van der Waals surface area contributed by atoms with E-state index in [1.807, 2.05) is 36.5 Å². The topological polar surface area (TPSA) is 40.2 Å². The smallest absolute Gasteiger partial charge is 0.171 e. The van der Waals surface area contributed by atoms with E-state index in [1.54, 1.807) is 0 Å². The van der Waals surface area contributed by atoms with Crippen LogP contribution in [-0.2, 0) is 6.54 Å². The number of nitrogens with one attached hydrogen (secondary N) is 2. The molecule has 1 aliphatic heterocycles. The summed E-state index contributed by atoms with van der Waals surface area (Å²) in [6, 6.07) is 11.8. The van der Waals surface area contributed by atoms with Gasteiger partial charge in [-0.15, -0.1) is 0 Å². The molecule has 1 fully saturated rings. The first-order chi connectivity index (χ1) is 12.1. The molecular weight excluding hydrogens is 352 g/mol. The molecule has 0 amide bonds. The molecule has 0 radical (unpaired) electrons. The Hall–Kier alpha value is -1.85. The summed E-state index contributed by atoms with van der Waals surface area (Å²) < 4.78 is 0. The minimum absolute atomic E-state index is 0.580. The van der Waals surface area contributed by atoms with Gasteiger partial charge in [-0.2, -0.15) is 0 Å². The number of anilines is 2. The lowest BCUT2D eigenvalue weighted by atomic mass is 9.99. The van der Waals surface area contributed by atoms with Crippen LogP contribution in [0.5, 0.6) is 0 Å². The molecule has 6 heteroatoms. The van der Waals surface area contributed by atoms with Gasteiger partial charge >= 0.3 is 0 Å². The second-order valence-electron chi connectivity index (χ2n) is 6.51. The quantitative estimate of drug-likeness (QED) is 0.773. The fourth-order valence-corrected chi connectivity index (χ4v) is 3.16. The highest BCUT2D eigenvalue weighted by atomic mass is 35.5. The third-order valence-electron chi connectivity index (χ3n) is 4.48. The van der Waals surface area contributed by atoms with E-state index < -0.39 is 0 Å². The molecule has 2 aromatic rings. The molecule has 0 saturated carbocycles. The van der Waals surface area contributed by atoms with Gasteiger partial charge in [0.15, 0.2) is 5.11 Å². The molecule has 1 aliphatic rings. The number of pyridine rings is 1. The monoisotopic (exact) mass is 374 g/mol. The van der Waals surface area contributed by atoms with E-state index in [0.717, 1.165) is 41.1 Å². The highest BCUT2D eigenvalue weighted by Crippen LogP contribution is 2.22. The van der Waals surface area contributed by atoms with Crippen LogP contribution in [-0.4, -0.2) is 23.2 Å². The molecule has 0 atom stereocenters. The van der Waals surface area contributed by atoms with Crippen molar-refractivity contribution in [3.8, 4) is 0 Å². The zero-order valence-electron chi connectivity index (χ0n) is 14.3. The van der Waals surface area contributed by atoms with Crippen LogP contribution in [0.2, 0.25) is 5.02 Å². The van der Waals surface area contributed by atoms with Crippen LogP contribution < -0.4 is 15.5 Å². The van der Waals surface area contributed by atoms with Gasteiger partial charge in [-0.25, -0.2) is 4.98 Å². The Labute approximate surface area is 159 Å². The zero-order chi connectivity index (χ0) is 17.6. The number of aromatic nitrogens is 1. The number of piperidine rings is 1. The number of halogens is 1. The van der Waals surface area contributed by atoms with Gasteiger partial charge < -0.3 is 15.5 Å². The van der Waals surface area contributed by atoms with Crippen molar-refractivity contribution in [3.05, 3.63) is 53.2 Å². The van der Waals surface area contributed by atoms with Crippen LogP contribution in [0.1, 0.15) is 25.3 Å². The lowest BCUT2D eigenvalue weighted by Gasteiger charge is -2.31. The highest BCUT2D eigenvalue weighted by Gasteiger charge is 2.16. The van der Waals surface area contributed by atoms with Crippen molar-refractivity contribution in [2.24, 2.45) is 5.92 Å². The van der Waals surface area contributed by atoms with E-state index in [1.165, 1.54) is 12.8 Å². The van der Waals surface area contributed by atoms with Crippen molar-refractivity contribution in [2.75, 3.05) is 23.3 Å². The highest BCUT2D eigenvalue weighted by molar-refractivity contribution is 7.80. The standard InChI is InChI=1S/C19H23ClN4S/c1-14-8-10-24(11-9-14)18-7-6-17(13-21-18)23-19(25)22-12-15-2-4-16(20)5-3-15/h2-7,13-14H,8-12H2,1H3,(H2,22,23,25). The second-order valence-corrected chi connectivity index (χ2v) is 7.35. The minimum atomic E-state index is 0.580. The van der Waals surface area contributed by atoms with Gasteiger partial charge in [-0.05, 0) is 60.8 Å². The van der Waals surface area contributed by atoms with Crippen molar-refractivity contribution < 1.29 is 0 Å². The maximum absolute atomic E-state index is 5.89. The molecular formula is C19H23ClN4S. The molecule has 132 valence electrons. The van der Waals surface area contributed by atoms with E-state index >= 15 is 0 Å². The third-order valence-corrected chi connectivity index (χ3v) is 4.98. The van der Waals surface area contributed by atoms with Gasteiger partial charge in [0.2, 0.25) is 0 Å². The first kappa shape index (κ1) is 18.0. The molecule has 3 rings (SSSR count). The Morgan fingerprint density at radius 2 is 1.92 bits per heavy atom. The summed E-state index contributed by atoms with van der Waals surface area (Å²) in [6.45, 7) is 5.14. The summed E-state index contributed by atoms with van der Waals surface area (Å²) in [6.07, 6.45) is 4.31. The molecule has 1 aromatic heterocycles. The van der Waals surface area contributed by atoms with E-state index in [4.69, 9.17) is 23.8 Å². The second kappa shape index (κ2) is 8.50. The van der Waals surface area contributed by atoms with E-state index in [9.17, 15) is 0 Å². The summed E-state index contributed by atoms with van der Waals surface area (Å²) in [7, 11) is 0. The van der Waals surface area contributed by atoms with Crippen molar-refractivity contribution in [1.82, 2.24) is 10.3 Å². The summed E-state index contributed by atoms with van der Waals surface area (Å²) in [5.41, 5.74) is 2.02. The molecule has 1 saturated heterocycles. The van der Waals surface area contributed by atoms with Crippen molar-refractivity contribution >= 4 is 40.4 Å². The lowest BCUT2D eigenvalue weighted by molar-refractivity contribution is 0.436. The molecule has 25 heavy (non-hydrogen) atoms. The van der Waals surface area contributed by atoms with Gasteiger partial charge in [0.1, 0.15) is 5.82 Å². The average molecular weight is 375 g/mol. The molecule has 0 unspecified atom stereocenters. The predicted octanol–water partition coefficient (Wildman–Crippen LogP) is 4.46. The van der Waals surface area contributed by atoms with Crippen LogP contribution in [0.3, 0.4) is 0 Å². The SMILES string of the molecule is CC1CCN(c2ccc(NC(=S)NCc3ccc(Cl)cc3)cn2)CC1. The fraction of sp³-hybridized carbons (Fsp3) is 0.368. The van der Waals surface area contributed by atoms with Crippen molar-refractivity contribution in [2.45, 2.75) is 26.3 Å². The van der Waals surface area contributed by atoms with Crippen molar-refractivity contribution in [1.29, 1.82) is 0 Å². The number of thiocarbonyl (C=S) groups is 1. The summed E-state index contributed by atoms with van der Waals surface area (Å²) in [4.78, 5) is 6.92. The van der Waals surface area contributed by atoms with Gasteiger partial charge in [-0.1, -0.05) is 30.7 Å². The maximum atomic E-state index is 5.89. The largest absolute Gasteiger partial charge is 0.358 e. The summed E-state index contributed by atoms with van der Waals surface area (Å²) >= 11 is 11.2. The number of rotatable bonds is 4. The van der Waals surface area contributed by atoms with Crippen LogP contribution in [0.15, 0.2) is 42.6 Å². The molecule has 2 heterocycles. The third kappa shape index (κ3) is 5.31. The summed E-state index contributed by atoms with van der Waals surface area (Å²) in [5, 5.41) is 7.68. The van der Waals surface area contributed by atoms with Crippen LogP contribution in [0, 0.1) is 5.92 Å². The molecule has 0 bridgehead atoms. The maximum Gasteiger partial charge on any atom is 0.171 e. The Kier molecular flexibility index (Phi) is 6.10. The Balaban J connectivity index is 1.49. The van der Waals surface area contributed by atoms with Gasteiger partial charge in [0.05, 0.1) is 11.9 Å². The first-order valence-electron chi connectivity index (χ1n) is 8.60. The van der Waals surface area contributed by atoms with Crippen LogP contribution in [0.4, 0.5) is 11.5 Å². The number of nitrogens with zero attached hydrogens (tertiary/aromatic N) is 2. The molecule has 4 nitrogen and oxygen atoms in total. The molecule has 0 aliphatic carbocycles. The van der Waals surface area contributed by atoms with Crippen LogP contribution >= 0.6 is 23.8 Å². The summed E-state index contributed by atoms with van der Waals surface area (Å²) in [5.74, 6) is 1.86. The molecule has 2 N–H and O–H groups in total. The first-order valence-corrected chi connectivity index (χ1v) is 9.39. The molecule has 1 aromatic carbocycles. The number of hydrogen-bond donors (Lipinski definition) is 2. The molecule has 0 spiro atoms. The average Bonchev–Trinajstić information content (AvgIpc) is 2.63.